The quantitative estimate of drug-likeness (QED) is 0.735. The molecule has 0 saturated heterocycles. The molecule has 1 rings (SSSR count). The van der Waals surface area contributed by atoms with Gasteiger partial charge in [0.1, 0.15) is 0 Å². The average Bonchev–Trinajstić information content (AvgIpc) is 2.18. The van der Waals surface area contributed by atoms with Gasteiger partial charge in [-0.1, -0.05) is 33.1 Å². The lowest BCUT2D eigenvalue weighted by atomic mass is 9.93. The van der Waals surface area contributed by atoms with Gasteiger partial charge in [-0.05, 0) is 18.8 Å². The van der Waals surface area contributed by atoms with Crippen molar-refractivity contribution >= 4 is 0 Å². The van der Waals surface area contributed by atoms with Gasteiger partial charge in [-0.15, -0.1) is 0 Å². The van der Waals surface area contributed by atoms with Gasteiger partial charge >= 0.3 is 0 Å². The van der Waals surface area contributed by atoms with E-state index in [0.29, 0.717) is 12.0 Å². The summed E-state index contributed by atoms with van der Waals surface area (Å²) in [6, 6.07) is 1.27. The first-order valence-electron chi connectivity index (χ1n) is 5.99. The Morgan fingerprint density at radius 1 is 1.21 bits per heavy atom. The van der Waals surface area contributed by atoms with E-state index in [2.05, 4.69) is 19.2 Å². The molecule has 0 aromatic carbocycles. The molecule has 0 bridgehead atoms. The number of methoxy groups -OCH3 is 1. The first-order valence-corrected chi connectivity index (χ1v) is 5.99. The number of rotatable bonds is 5. The van der Waals surface area contributed by atoms with Crippen molar-refractivity contribution in [1.29, 1.82) is 0 Å². The maximum absolute atomic E-state index is 5.24. The number of nitrogens with one attached hydrogen (secondary N) is 1. The molecule has 0 aromatic heterocycles. The van der Waals surface area contributed by atoms with E-state index in [1.165, 1.54) is 32.1 Å². The van der Waals surface area contributed by atoms with Crippen LogP contribution in [0.5, 0.6) is 0 Å². The molecule has 0 radical (unpaired) electrons. The highest BCUT2D eigenvalue weighted by atomic mass is 16.5. The zero-order valence-corrected chi connectivity index (χ0v) is 9.88. The Morgan fingerprint density at radius 2 is 1.86 bits per heavy atom. The maximum Gasteiger partial charge on any atom is 0.0618 e. The summed E-state index contributed by atoms with van der Waals surface area (Å²) in [5.41, 5.74) is 0. The van der Waals surface area contributed by atoms with Crippen molar-refractivity contribution in [2.45, 2.75) is 58.0 Å². The van der Waals surface area contributed by atoms with Crippen LogP contribution in [-0.4, -0.2) is 25.8 Å². The molecule has 1 saturated carbocycles. The zero-order valence-electron chi connectivity index (χ0n) is 9.88. The molecule has 2 nitrogen and oxygen atoms in total. The molecular formula is C12H25NO. The fourth-order valence-corrected chi connectivity index (χ4v) is 2.18. The van der Waals surface area contributed by atoms with Gasteiger partial charge < -0.3 is 10.1 Å². The zero-order chi connectivity index (χ0) is 10.4. The Bertz CT molecular complexity index is 141. The van der Waals surface area contributed by atoms with E-state index >= 15 is 0 Å². The molecule has 1 N–H and O–H groups in total. The summed E-state index contributed by atoms with van der Waals surface area (Å²) in [6.45, 7) is 5.37. The SMILES string of the molecule is COCC(NC1CCCCC1)C(C)C. The lowest BCUT2D eigenvalue weighted by molar-refractivity contribution is 0.135. The van der Waals surface area contributed by atoms with Gasteiger partial charge in [0, 0.05) is 19.2 Å². The van der Waals surface area contributed by atoms with E-state index < -0.39 is 0 Å². The van der Waals surface area contributed by atoms with Crippen LogP contribution in [-0.2, 0) is 4.74 Å². The molecule has 0 heterocycles. The largest absolute Gasteiger partial charge is 0.383 e. The molecule has 0 spiro atoms. The molecule has 0 aliphatic heterocycles. The highest BCUT2D eigenvalue weighted by Gasteiger charge is 2.19. The van der Waals surface area contributed by atoms with E-state index in [4.69, 9.17) is 4.74 Å². The molecule has 14 heavy (non-hydrogen) atoms. The summed E-state index contributed by atoms with van der Waals surface area (Å²) in [5.74, 6) is 0.664. The molecule has 1 fully saturated rings. The Kier molecular flexibility index (Phi) is 5.49. The fraction of sp³-hybridized carbons (Fsp3) is 1.00. The van der Waals surface area contributed by atoms with Crippen LogP contribution >= 0.6 is 0 Å². The summed E-state index contributed by atoms with van der Waals surface area (Å²) in [6.07, 6.45) is 6.93. The van der Waals surface area contributed by atoms with Gasteiger partial charge in [-0.2, -0.15) is 0 Å². The minimum Gasteiger partial charge on any atom is -0.383 e. The highest BCUT2D eigenvalue weighted by Crippen LogP contribution is 2.18. The van der Waals surface area contributed by atoms with E-state index in [-0.39, 0.29) is 0 Å². The second-order valence-corrected chi connectivity index (χ2v) is 4.81. The predicted octanol–water partition coefficient (Wildman–Crippen LogP) is 2.58. The monoisotopic (exact) mass is 199 g/mol. The van der Waals surface area contributed by atoms with Gasteiger partial charge in [0.15, 0.2) is 0 Å². The van der Waals surface area contributed by atoms with E-state index in [0.717, 1.165) is 12.6 Å². The number of hydrogen-bond donors (Lipinski definition) is 1. The van der Waals surface area contributed by atoms with Crippen molar-refractivity contribution in [3.63, 3.8) is 0 Å². The lowest BCUT2D eigenvalue weighted by Crippen LogP contribution is -2.44. The van der Waals surface area contributed by atoms with Crippen molar-refractivity contribution < 1.29 is 4.74 Å². The number of hydrogen-bond acceptors (Lipinski definition) is 2. The second-order valence-electron chi connectivity index (χ2n) is 4.81. The summed E-state index contributed by atoms with van der Waals surface area (Å²) in [4.78, 5) is 0. The van der Waals surface area contributed by atoms with Crippen LogP contribution in [0.1, 0.15) is 46.0 Å². The van der Waals surface area contributed by atoms with Crippen LogP contribution in [0.3, 0.4) is 0 Å². The van der Waals surface area contributed by atoms with Gasteiger partial charge in [-0.3, -0.25) is 0 Å². The van der Waals surface area contributed by atoms with E-state index in [9.17, 15) is 0 Å². The smallest absolute Gasteiger partial charge is 0.0618 e. The van der Waals surface area contributed by atoms with E-state index in [1.807, 2.05) is 0 Å². The third kappa shape index (κ3) is 3.97. The summed E-state index contributed by atoms with van der Waals surface area (Å²) >= 11 is 0. The van der Waals surface area contributed by atoms with Crippen LogP contribution in [0.2, 0.25) is 0 Å². The van der Waals surface area contributed by atoms with Crippen molar-refractivity contribution in [3.8, 4) is 0 Å². The first kappa shape index (κ1) is 12.0. The number of ether oxygens (including phenoxy) is 1. The van der Waals surface area contributed by atoms with E-state index in [1.54, 1.807) is 7.11 Å². The minimum absolute atomic E-state index is 0.531. The van der Waals surface area contributed by atoms with Gasteiger partial charge in [0.2, 0.25) is 0 Å². The average molecular weight is 199 g/mol. The third-order valence-electron chi connectivity index (χ3n) is 3.21. The van der Waals surface area contributed by atoms with Crippen molar-refractivity contribution in [2.24, 2.45) is 5.92 Å². The predicted molar refractivity (Wildman–Crippen MR) is 60.5 cm³/mol. The van der Waals surface area contributed by atoms with Crippen LogP contribution in [0.4, 0.5) is 0 Å². The van der Waals surface area contributed by atoms with Crippen LogP contribution in [0, 0.1) is 5.92 Å². The molecule has 1 aliphatic rings. The molecule has 1 atom stereocenters. The fourth-order valence-electron chi connectivity index (χ4n) is 2.18. The molecule has 1 aliphatic carbocycles. The molecule has 1 unspecified atom stereocenters. The Labute approximate surface area is 88.4 Å². The highest BCUT2D eigenvalue weighted by molar-refractivity contribution is 4.78. The maximum atomic E-state index is 5.24. The summed E-state index contributed by atoms with van der Waals surface area (Å²) < 4.78 is 5.24. The van der Waals surface area contributed by atoms with Gasteiger partial charge in [0.05, 0.1) is 6.61 Å². The van der Waals surface area contributed by atoms with Gasteiger partial charge in [-0.25, -0.2) is 0 Å². The Hall–Kier alpha value is -0.0800. The van der Waals surface area contributed by atoms with Crippen LogP contribution in [0.25, 0.3) is 0 Å². The van der Waals surface area contributed by atoms with Crippen molar-refractivity contribution in [3.05, 3.63) is 0 Å². The molecule has 0 aromatic rings. The minimum atomic E-state index is 0.531. The summed E-state index contributed by atoms with van der Waals surface area (Å²) in [7, 11) is 1.79. The first-order chi connectivity index (χ1) is 6.74. The van der Waals surface area contributed by atoms with Crippen molar-refractivity contribution in [1.82, 2.24) is 5.32 Å². The van der Waals surface area contributed by atoms with Crippen LogP contribution in [0.15, 0.2) is 0 Å². The third-order valence-corrected chi connectivity index (χ3v) is 3.21. The standard InChI is InChI=1S/C12H25NO/c1-10(2)12(9-14-3)13-11-7-5-4-6-8-11/h10-13H,4-9H2,1-3H3. The molecule has 0 amide bonds. The van der Waals surface area contributed by atoms with Crippen LogP contribution < -0.4 is 5.32 Å². The lowest BCUT2D eigenvalue weighted by Gasteiger charge is -2.30. The molecule has 2 heteroatoms. The molecular weight excluding hydrogens is 174 g/mol. The topological polar surface area (TPSA) is 21.3 Å². The second kappa shape index (κ2) is 6.41. The Morgan fingerprint density at radius 3 is 2.36 bits per heavy atom. The van der Waals surface area contributed by atoms with Crippen molar-refractivity contribution in [2.75, 3.05) is 13.7 Å². The van der Waals surface area contributed by atoms with Gasteiger partial charge in [0.25, 0.3) is 0 Å². The molecule has 84 valence electrons. The summed E-state index contributed by atoms with van der Waals surface area (Å²) in [5, 5.41) is 3.73. The Balaban J connectivity index is 2.29. The normalized spacial score (nSPS) is 21.4.